The Balaban J connectivity index is 1.72. The van der Waals surface area contributed by atoms with Gasteiger partial charge in [0.25, 0.3) is 0 Å². The van der Waals surface area contributed by atoms with Crippen LogP contribution in [0, 0.1) is 0 Å². The predicted octanol–water partition coefficient (Wildman–Crippen LogP) is 3.29. The number of likely N-dealkylation sites (tertiary alicyclic amines) is 1. The number of morpholine rings is 1. The van der Waals surface area contributed by atoms with Gasteiger partial charge in [-0.3, -0.25) is 0 Å². The molecule has 0 unspecified atom stereocenters. The molecule has 1 aromatic carbocycles. The first kappa shape index (κ1) is 15.8. The van der Waals surface area contributed by atoms with Crippen LogP contribution in [0.15, 0.2) is 24.3 Å². The maximum atomic E-state index is 6.22. The topological polar surface area (TPSA) is 15.7 Å². The highest BCUT2D eigenvalue weighted by Crippen LogP contribution is 2.32. The van der Waals surface area contributed by atoms with Gasteiger partial charge in [-0.1, -0.05) is 32.9 Å². The van der Waals surface area contributed by atoms with Crippen molar-refractivity contribution in [2.24, 2.45) is 0 Å². The van der Waals surface area contributed by atoms with E-state index in [0.29, 0.717) is 0 Å². The van der Waals surface area contributed by atoms with Crippen molar-refractivity contribution in [1.29, 1.82) is 0 Å². The molecule has 2 fully saturated rings. The quantitative estimate of drug-likeness (QED) is 0.792. The third kappa shape index (κ3) is 3.31. The van der Waals surface area contributed by atoms with Gasteiger partial charge in [-0.25, -0.2) is 0 Å². The largest absolute Gasteiger partial charge is 0.371 e. The van der Waals surface area contributed by atoms with Crippen molar-refractivity contribution in [3.63, 3.8) is 0 Å². The lowest BCUT2D eigenvalue weighted by Gasteiger charge is -2.47. The lowest BCUT2D eigenvalue weighted by atomic mass is 9.86. The van der Waals surface area contributed by atoms with Crippen molar-refractivity contribution >= 4 is 5.69 Å². The highest BCUT2D eigenvalue weighted by atomic mass is 16.5. The maximum Gasteiger partial charge on any atom is 0.0881 e. The van der Waals surface area contributed by atoms with Crippen molar-refractivity contribution in [1.82, 2.24) is 4.90 Å². The second-order valence-corrected chi connectivity index (χ2v) is 8.05. The van der Waals surface area contributed by atoms with E-state index in [2.05, 4.69) is 61.9 Å². The standard InChI is InChI=1S/C19H30N2O/c1-18(2,3)16-5-7-17(8-6-16)21-13-14-22-19(15-21)9-11-20(4)12-10-19/h5-8H,9-15H2,1-4H3. The lowest BCUT2D eigenvalue weighted by molar-refractivity contribution is -0.0883. The van der Waals surface area contributed by atoms with Crippen LogP contribution in [0.2, 0.25) is 0 Å². The molecule has 0 saturated carbocycles. The van der Waals surface area contributed by atoms with Crippen LogP contribution in [-0.4, -0.2) is 50.3 Å². The smallest absolute Gasteiger partial charge is 0.0881 e. The molecule has 122 valence electrons. The predicted molar refractivity (Wildman–Crippen MR) is 92.8 cm³/mol. The molecule has 0 bridgehead atoms. The molecule has 2 heterocycles. The van der Waals surface area contributed by atoms with E-state index in [1.54, 1.807) is 0 Å². The summed E-state index contributed by atoms with van der Waals surface area (Å²) < 4.78 is 6.22. The second kappa shape index (κ2) is 5.86. The van der Waals surface area contributed by atoms with Crippen molar-refractivity contribution in [3.8, 4) is 0 Å². The molecule has 0 atom stereocenters. The van der Waals surface area contributed by atoms with E-state index >= 15 is 0 Å². The number of anilines is 1. The summed E-state index contributed by atoms with van der Waals surface area (Å²) in [6.07, 6.45) is 2.31. The average molecular weight is 302 g/mol. The molecule has 0 amide bonds. The van der Waals surface area contributed by atoms with Gasteiger partial charge in [-0.15, -0.1) is 0 Å². The van der Waals surface area contributed by atoms with Gasteiger partial charge in [-0.05, 0) is 43.0 Å². The molecule has 2 aliphatic rings. The van der Waals surface area contributed by atoms with Crippen molar-refractivity contribution in [2.45, 2.75) is 44.6 Å². The summed E-state index contributed by atoms with van der Waals surface area (Å²) in [4.78, 5) is 4.92. The normalized spacial score (nSPS) is 23.0. The SMILES string of the molecule is CN1CCC2(CC1)CN(c1ccc(C(C)(C)C)cc1)CCO2. The molecule has 3 rings (SSSR count). The molecule has 1 spiro atoms. The van der Waals surface area contributed by atoms with Crippen LogP contribution in [-0.2, 0) is 10.2 Å². The highest BCUT2D eigenvalue weighted by molar-refractivity contribution is 5.49. The number of hydrogen-bond acceptors (Lipinski definition) is 3. The number of nitrogens with zero attached hydrogens (tertiary/aromatic N) is 2. The van der Waals surface area contributed by atoms with Gasteiger partial charge in [0.2, 0.25) is 0 Å². The molecule has 0 N–H and O–H groups in total. The number of rotatable bonds is 1. The minimum atomic E-state index is 0.0768. The molecule has 0 aromatic heterocycles. The summed E-state index contributed by atoms with van der Waals surface area (Å²) in [6, 6.07) is 9.14. The van der Waals surface area contributed by atoms with Crippen molar-refractivity contribution in [3.05, 3.63) is 29.8 Å². The van der Waals surface area contributed by atoms with E-state index < -0.39 is 0 Å². The number of hydrogen-bond donors (Lipinski definition) is 0. The fourth-order valence-corrected chi connectivity index (χ4v) is 3.57. The maximum absolute atomic E-state index is 6.22. The first-order valence-electron chi connectivity index (χ1n) is 8.56. The lowest BCUT2D eigenvalue weighted by Crippen LogP contribution is -2.56. The Hall–Kier alpha value is -1.06. The molecular weight excluding hydrogens is 272 g/mol. The number of ether oxygens (including phenoxy) is 1. The van der Waals surface area contributed by atoms with E-state index in [-0.39, 0.29) is 11.0 Å². The van der Waals surface area contributed by atoms with Crippen LogP contribution in [0.3, 0.4) is 0 Å². The van der Waals surface area contributed by atoms with Crippen LogP contribution in [0.5, 0.6) is 0 Å². The summed E-state index contributed by atoms with van der Waals surface area (Å²) in [5.41, 5.74) is 3.04. The third-order valence-corrected chi connectivity index (χ3v) is 5.25. The Bertz CT molecular complexity index is 495. The Labute approximate surface area is 135 Å². The molecule has 3 nitrogen and oxygen atoms in total. The molecule has 22 heavy (non-hydrogen) atoms. The zero-order valence-electron chi connectivity index (χ0n) is 14.6. The number of piperidine rings is 1. The molecule has 0 aliphatic carbocycles. The van der Waals surface area contributed by atoms with Crippen molar-refractivity contribution in [2.75, 3.05) is 44.7 Å². The first-order chi connectivity index (χ1) is 10.4. The molecule has 2 saturated heterocycles. The Morgan fingerprint density at radius 3 is 2.23 bits per heavy atom. The van der Waals surface area contributed by atoms with Crippen LogP contribution < -0.4 is 4.90 Å². The van der Waals surface area contributed by atoms with Gasteiger partial charge in [0.05, 0.1) is 12.2 Å². The van der Waals surface area contributed by atoms with Gasteiger partial charge >= 0.3 is 0 Å². The van der Waals surface area contributed by atoms with Gasteiger partial charge in [0.1, 0.15) is 0 Å². The Kier molecular flexibility index (Phi) is 4.21. The fourth-order valence-electron chi connectivity index (χ4n) is 3.57. The second-order valence-electron chi connectivity index (χ2n) is 8.05. The van der Waals surface area contributed by atoms with Gasteiger partial charge < -0.3 is 14.5 Å². The molecular formula is C19H30N2O. The van der Waals surface area contributed by atoms with Gasteiger partial charge in [0.15, 0.2) is 0 Å². The highest BCUT2D eigenvalue weighted by Gasteiger charge is 2.39. The summed E-state index contributed by atoms with van der Waals surface area (Å²) >= 11 is 0. The van der Waals surface area contributed by atoms with E-state index in [0.717, 1.165) is 45.6 Å². The zero-order valence-corrected chi connectivity index (χ0v) is 14.6. The van der Waals surface area contributed by atoms with E-state index in [1.807, 2.05) is 0 Å². The summed E-state index contributed by atoms with van der Waals surface area (Å²) in [6.45, 7) is 12.0. The summed E-state index contributed by atoms with van der Waals surface area (Å²) in [7, 11) is 2.21. The fraction of sp³-hybridized carbons (Fsp3) is 0.684. The Morgan fingerprint density at radius 1 is 1.00 bits per heavy atom. The van der Waals surface area contributed by atoms with Crippen molar-refractivity contribution < 1.29 is 4.74 Å². The third-order valence-electron chi connectivity index (χ3n) is 5.25. The van der Waals surface area contributed by atoms with E-state index in [1.165, 1.54) is 11.3 Å². The van der Waals surface area contributed by atoms with Crippen LogP contribution in [0.1, 0.15) is 39.2 Å². The first-order valence-corrected chi connectivity index (χ1v) is 8.56. The zero-order chi connectivity index (χ0) is 15.8. The average Bonchev–Trinajstić information content (AvgIpc) is 2.50. The van der Waals surface area contributed by atoms with E-state index in [9.17, 15) is 0 Å². The van der Waals surface area contributed by atoms with Gasteiger partial charge in [0, 0.05) is 31.9 Å². The summed E-state index contributed by atoms with van der Waals surface area (Å²) in [5, 5.41) is 0. The number of benzene rings is 1. The van der Waals surface area contributed by atoms with E-state index in [4.69, 9.17) is 4.74 Å². The van der Waals surface area contributed by atoms with Crippen LogP contribution in [0.4, 0.5) is 5.69 Å². The monoisotopic (exact) mass is 302 g/mol. The van der Waals surface area contributed by atoms with Crippen LogP contribution in [0.25, 0.3) is 0 Å². The molecule has 2 aliphatic heterocycles. The molecule has 1 aromatic rings. The molecule has 3 heteroatoms. The minimum Gasteiger partial charge on any atom is -0.371 e. The minimum absolute atomic E-state index is 0.0768. The molecule has 0 radical (unpaired) electrons. The van der Waals surface area contributed by atoms with Crippen LogP contribution >= 0.6 is 0 Å². The summed E-state index contributed by atoms with van der Waals surface area (Å²) in [5.74, 6) is 0. The Morgan fingerprint density at radius 2 is 1.64 bits per heavy atom. The van der Waals surface area contributed by atoms with Gasteiger partial charge in [-0.2, -0.15) is 0 Å².